The Morgan fingerprint density at radius 1 is 1.10 bits per heavy atom. The molecule has 0 unspecified atom stereocenters. The molecule has 0 amide bonds. The molecule has 0 atom stereocenters. The van der Waals surface area contributed by atoms with Crippen LogP contribution in [0.25, 0.3) is 15.9 Å². The average molecular weight is 434 g/mol. The summed E-state index contributed by atoms with van der Waals surface area (Å²) in [6.45, 7) is 4.83. The highest BCUT2D eigenvalue weighted by atomic mass is 32.2. The lowest BCUT2D eigenvalue weighted by Gasteiger charge is -2.26. The zero-order chi connectivity index (χ0) is 20.7. The number of hydrogen-bond donors (Lipinski definition) is 0. The molecule has 2 aromatic carbocycles. The summed E-state index contributed by atoms with van der Waals surface area (Å²) in [5.74, 6) is 0. The van der Waals surface area contributed by atoms with Gasteiger partial charge in [-0.1, -0.05) is 59.8 Å². The van der Waals surface area contributed by atoms with E-state index in [1.807, 2.05) is 30.5 Å². The fraction of sp³-hybridized carbons (Fsp3) is 0.250. The van der Waals surface area contributed by atoms with E-state index in [0.29, 0.717) is 0 Å². The third kappa shape index (κ3) is 3.49. The van der Waals surface area contributed by atoms with Crippen molar-refractivity contribution >= 4 is 33.3 Å². The number of benzene rings is 2. The molecule has 0 spiro atoms. The maximum Gasteiger partial charge on any atom is 0.267 e. The van der Waals surface area contributed by atoms with Crippen LogP contribution in [0.3, 0.4) is 0 Å². The quantitative estimate of drug-likeness (QED) is 0.334. The highest BCUT2D eigenvalue weighted by Crippen LogP contribution is 2.34. The second-order valence-corrected chi connectivity index (χ2v) is 9.56. The van der Waals surface area contributed by atoms with Gasteiger partial charge in [-0.15, -0.1) is 11.3 Å². The number of nitrogens with zero attached hydrogens (tertiary/aromatic N) is 3. The zero-order valence-corrected chi connectivity index (χ0v) is 18.7. The standard InChI is InChI=1S/C24H23N3OS2/c1-16-8-10-18(11-9-16)27-23(28)21-19-12-13-26(14-17-6-4-3-5-7-17)15-20(19)30-22(21)25-24(27)29-2/h3-11H,12-15H2,1-2H3. The Balaban J connectivity index is 1.57. The number of hydrogen-bond acceptors (Lipinski definition) is 5. The van der Waals surface area contributed by atoms with Crippen LogP contribution in [0.15, 0.2) is 64.5 Å². The largest absolute Gasteiger partial charge is 0.294 e. The first-order chi connectivity index (χ1) is 14.6. The van der Waals surface area contributed by atoms with Gasteiger partial charge in [-0.3, -0.25) is 14.3 Å². The van der Waals surface area contributed by atoms with Gasteiger partial charge in [-0.05, 0) is 42.9 Å². The molecule has 6 heteroatoms. The van der Waals surface area contributed by atoms with Crippen LogP contribution in [0.5, 0.6) is 0 Å². The molecule has 0 radical (unpaired) electrons. The summed E-state index contributed by atoms with van der Waals surface area (Å²) in [4.78, 5) is 23.1. The molecule has 0 aliphatic carbocycles. The van der Waals surface area contributed by atoms with Crippen LogP contribution in [0, 0.1) is 6.92 Å². The summed E-state index contributed by atoms with van der Waals surface area (Å²) in [6, 6.07) is 18.7. The summed E-state index contributed by atoms with van der Waals surface area (Å²) in [5.41, 5.74) is 4.64. The molecule has 30 heavy (non-hydrogen) atoms. The van der Waals surface area contributed by atoms with Crippen LogP contribution >= 0.6 is 23.1 Å². The molecule has 4 nitrogen and oxygen atoms in total. The predicted octanol–water partition coefficient (Wildman–Crippen LogP) is 5.04. The van der Waals surface area contributed by atoms with Crippen molar-refractivity contribution in [2.75, 3.05) is 12.8 Å². The van der Waals surface area contributed by atoms with Crippen LogP contribution in [-0.2, 0) is 19.5 Å². The minimum absolute atomic E-state index is 0.0576. The van der Waals surface area contributed by atoms with Crippen molar-refractivity contribution in [2.45, 2.75) is 31.6 Å². The van der Waals surface area contributed by atoms with E-state index in [2.05, 4.69) is 42.2 Å². The van der Waals surface area contributed by atoms with Crippen molar-refractivity contribution in [3.63, 3.8) is 0 Å². The van der Waals surface area contributed by atoms with Gasteiger partial charge in [0.2, 0.25) is 0 Å². The third-order valence-corrected chi connectivity index (χ3v) is 7.40. The summed E-state index contributed by atoms with van der Waals surface area (Å²) < 4.78 is 1.77. The number of rotatable bonds is 4. The Kier molecular flexibility index (Phi) is 5.23. The van der Waals surface area contributed by atoms with E-state index in [9.17, 15) is 4.79 Å². The van der Waals surface area contributed by atoms with E-state index >= 15 is 0 Å². The summed E-state index contributed by atoms with van der Waals surface area (Å²) in [5, 5.41) is 1.56. The van der Waals surface area contributed by atoms with Gasteiger partial charge in [-0.25, -0.2) is 4.98 Å². The minimum Gasteiger partial charge on any atom is -0.294 e. The van der Waals surface area contributed by atoms with Crippen LogP contribution < -0.4 is 5.56 Å². The Bertz CT molecular complexity index is 1260. The van der Waals surface area contributed by atoms with Crippen LogP contribution in [-0.4, -0.2) is 27.3 Å². The molecule has 3 heterocycles. The van der Waals surface area contributed by atoms with Crippen LogP contribution in [0.1, 0.15) is 21.6 Å². The maximum absolute atomic E-state index is 13.6. The van der Waals surface area contributed by atoms with Crippen molar-refractivity contribution in [1.82, 2.24) is 14.5 Å². The second kappa shape index (κ2) is 8.02. The summed E-state index contributed by atoms with van der Waals surface area (Å²) in [7, 11) is 0. The molecule has 0 bridgehead atoms. The Morgan fingerprint density at radius 3 is 2.60 bits per heavy atom. The molecule has 4 aromatic rings. The SMILES string of the molecule is CSc1nc2sc3c(c2c(=O)n1-c1ccc(C)cc1)CCN(Cc1ccccc1)C3. The van der Waals surface area contributed by atoms with Gasteiger partial charge in [0.1, 0.15) is 4.83 Å². The highest BCUT2D eigenvalue weighted by Gasteiger charge is 2.25. The van der Waals surface area contributed by atoms with Crippen LogP contribution in [0.2, 0.25) is 0 Å². The van der Waals surface area contributed by atoms with Gasteiger partial charge < -0.3 is 0 Å². The number of aryl methyl sites for hydroxylation is 1. The highest BCUT2D eigenvalue weighted by molar-refractivity contribution is 7.98. The summed E-state index contributed by atoms with van der Waals surface area (Å²) >= 11 is 3.20. The minimum atomic E-state index is 0.0576. The maximum atomic E-state index is 13.6. The first-order valence-corrected chi connectivity index (χ1v) is 12.1. The van der Waals surface area contributed by atoms with E-state index in [-0.39, 0.29) is 5.56 Å². The molecular weight excluding hydrogens is 410 g/mol. The Labute approximate surface area is 184 Å². The Hall–Kier alpha value is -2.41. The molecule has 152 valence electrons. The molecule has 0 fully saturated rings. The molecule has 1 aliphatic heterocycles. The topological polar surface area (TPSA) is 38.1 Å². The van der Waals surface area contributed by atoms with Gasteiger partial charge in [0.05, 0.1) is 11.1 Å². The predicted molar refractivity (Wildman–Crippen MR) is 126 cm³/mol. The Morgan fingerprint density at radius 2 is 1.87 bits per heavy atom. The molecular formula is C24H23N3OS2. The normalized spacial score (nSPS) is 14.2. The van der Waals surface area contributed by atoms with Gasteiger partial charge in [-0.2, -0.15) is 0 Å². The molecule has 1 aliphatic rings. The van der Waals surface area contributed by atoms with Gasteiger partial charge in [0.25, 0.3) is 5.56 Å². The number of aromatic nitrogens is 2. The second-order valence-electron chi connectivity index (χ2n) is 7.70. The smallest absolute Gasteiger partial charge is 0.267 e. The number of thioether (sulfide) groups is 1. The fourth-order valence-electron chi connectivity index (χ4n) is 4.11. The zero-order valence-electron chi connectivity index (χ0n) is 17.1. The fourth-order valence-corrected chi connectivity index (χ4v) is 5.98. The van der Waals surface area contributed by atoms with Crippen molar-refractivity contribution < 1.29 is 0 Å². The first-order valence-electron chi connectivity index (χ1n) is 10.1. The lowest BCUT2D eigenvalue weighted by atomic mass is 10.0. The van der Waals surface area contributed by atoms with E-state index in [1.54, 1.807) is 15.9 Å². The molecule has 5 rings (SSSR count). The van der Waals surface area contributed by atoms with Gasteiger partial charge in [0.15, 0.2) is 5.16 Å². The van der Waals surface area contributed by atoms with Crippen molar-refractivity contribution in [2.24, 2.45) is 0 Å². The number of thiophene rings is 1. The number of fused-ring (bicyclic) bond motifs is 3. The lowest BCUT2D eigenvalue weighted by molar-refractivity contribution is 0.249. The van der Waals surface area contributed by atoms with Crippen molar-refractivity contribution in [3.8, 4) is 5.69 Å². The van der Waals surface area contributed by atoms with Gasteiger partial charge >= 0.3 is 0 Å². The monoisotopic (exact) mass is 433 g/mol. The van der Waals surface area contributed by atoms with E-state index in [4.69, 9.17) is 4.98 Å². The molecule has 2 aromatic heterocycles. The lowest BCUT2D eigenvalue weighted by Crippen LogP contribution is -2.30. The van der Waals surface area contributed by atoms with E-state index in [1.165, 1.54) is 33.3 Å². The summed E-state index contributed by atoms with van der Waals surface area (Å²) in [6.07, 6.45) is 2.87. The van der Waals surface area contributed by atoms with E-state index < -0.39 is 0 Å². The molecule has 0 N–H and O–H groups in total. The molecule has 0 saturated carbocycles. The molecule has 0 saturated heterocycles. The van der Waals surface area contributed by atoms with Crippen molar-refractivity contribution in [3.05, 3.63) is 86.5 Å². The average Bonchev–Trinajstić information content (AvgIpc) is 3.13. The third-order valence-electron chi connectivity index (χ3n) is 5.65. The van der Waals surface area contributed by atoms with Crippen molar-refractivity contribution in [1.29, 1.82) is 0 Å². The first kappa shape index (κ1) is 19.5. The van der Waals surface area contributed by atoms with Gasteiger partial charge in [0, 0.05) is 24.5 Å². The van der Waals surface area contributed by atoms with E-state index in [0.717, 1.165) is 47.1 Å². The van der Waals surface area contributed by atoms with Crippen LogP contribution in [0.4, 0.5) is 0 Å².